The summed E-state index contributed by atoms with van der Waals surface area (Å²) in [7, 11) is 0. The van der Waals surface area contributed by atoms with Gasteiger partial charge in [-0.3, -0.25) is 0 Å². The molecule has 0 rings (SSSR count). The molecule has 0 spiro atoms. The average molecular weight is 266 g/mol. The molecule has 0 fully saturated rings. The molecule has 0 aromatic carbocycles. The first-order valence-corrected chi connectivity index (χ1v) is 4.20. The van der Waals surface area contributed by atoms with E-state index in [4.69, 9.17) is 11.5 Å². The van der Waals surface area contributed by atoms with Crippen molar-refractivity contribution in [2.45, 2.75) is 38.8 Å². The number of hydrogen-bond acceptors (Lipinski definition) is 4. The third kappa shape index (κ3) is 13.4. The van der Waals surface area contributed by atoms with Crippen molar-refractivity contribution in [3.63, 3.8) is 0 Å². The Kier molecular flexibility index (Phi) is 15.2. The number of carbonyl (C=O) groups is 2. The summed E-state index contributed by atoms with van der Waals surface area (Å²) in [6.07, 6.45) is 0.644. The maximum atomic E-state index is 9.63. The molecule has 0 heterocycles. The van der Waals surface area contributed by atoms with Gasteiger partial charge in [0.15, 0.2) is 0 Å². The summed E-state index contributed by atoms with van der Waals surface area (Å²) in [6.45, 7) is 3.26. The molecule has 0 aromatic heterocycles. The molecule has 15 heavy (non-hydrogen) atoms. The van der Waals surface area contributed by atoms with Crippen LogP contribution in [0.1, 0.15) is 26.7 Å². The Morgan fingerprint density at radius 2 is 1.20 bits per heavy atom. The van der Waals surface area contributed by atoms with Crippen LogP contribution in [0.2, 0.25) is 0 Å². The first-order chi connectivity index (χ1) is 6.36. The van der Waals surface area contributed by atoms with Gasteiger partial charge in [-0.2, -0.15) is 0 Å². The Morgan fingerprint density at radius 1 is 1.00 bits per heavy atom. The zero-order valence-electron chi connectivity index (χ0n) is 8.50. The fourth-order valence-electron chi connectivity index (χ4n) is 0.333. The van der Waals surface area contributed by atoms with Crippen LogP contribution in [-0.4, -0.2) is 24.0 Å². The fourth-order valence-corrected chi connectivity index (χ4v) is 0.333. The standard InChI is InChI=1S/2C4H8NO2.Cu/c2*1-2-3(5)4(6)7;/h2*3,5H,2H2,1H3,(H,6,7);/q2*-1;+2/p-2. The molecule has 2 atom stereocenters. The van der Waals surface area contributed by atoms with Crippen LogP contribution in [0.25, 0.3) is 11.5 Å². The molecule has 2 unspecified atom stereocenters. The topological polar surface area (TPSA) is 128 Å². The number of hydrogen-bond donors (Lipinski definition) is 0. The summed E-state index contributed by atoms with van der Waals surface area (Å²) >= 11 is 0. The molecule has 6 nitrogen and oxygen atoms in total. The molecule has 0 aromatic rings. The zero-order valence-corrected chi connectivity index (χ0v) is 9.45. The maximum Gasteiger partial charge on any atom is 2.00 e. The van der Waals surface area contributed by atoms with Gasteiger partial charge in [-0.1, -0.05) is 38.8 Å². The van der Waals surface area contributed by atoms with Crippen LogP contribution >= 0.6 is 0 Å². The summed E-state index contributed by atoms with van der Waals surface area (Å²) in [5.74, 6) is -2.58. The molecule has 0 saturated heterocycles. The van der Waals surface area contributed by atoms with E-state index in [-0.39, 0.29) is 17.1 Å². The van der Waals surface area contributed by atoms with Crippen LogP contribution in [-0.2, 0) is 26.7 Å². The molecule has 93 valence electrons. The Balaban J connectivity index is -0.000000180. The zero-order chi connectivity index (χ0) is 11.7. The second kappa shape index (κ2) is 11.5. The number of nitrogens with one attached hydrogen (secondary N) is 2. The molecule has 7 heteroatoms. The minimum atomic E-state index is -1.29. The van der Waals surface area contributed by atoms with E-state index in [1.807, 2.05) is 0 Å². The summed E-state index contributed by atoms with van der Waals surface area (Å²) in [5, 5.41) is 19.3. The van der Waals surface area contributed by atoms with Gasteiger partial charge >= 0.3 is 17.1 Å². The van der Waals surface area contributed by atoms with E-state index in [1.54, 1.807) is 13.8 Å². The van der Waals surface area contributed by atoms with Crippen LogP contribution < -0.4 is 10.2 Å². The van der Waals surface area contributed by atoms with Gasteiger partial charge in [-0.25, -0.2) is 0 Å². The quantitative estimate of drug-likeness (QED) is 0.612. The first kappa shape index (κ1) is 19.9. The maximum absolute atomic E-state index is 9.63. The molecule has 0 aliphatic rings. The molecule has 0 amide bonds. The molecular weight excluding hydrogens is 252 g/mol. The monoisotopic (exact) mass is 265 g/mol. The fraction of sp³-hybridized carbons (Fsp3) is 0.750. The predicted molar refractivity (Wildman–Crippen MR) is 46.8 cm³/mol. The van der Waals surface area contributed by atoms with E-state index in [1.165, 1.54) is 0 Å². The van der Waals surface area contributed by atoms with E-state index in [0.29, 0.717) is 12.8 Å². The van der Waals surface area contributed by atoms with E-state index < -0.39 is 24.0 Å². The largest absolute Gasteiger partial charge is 2.00 e. The smallest absolute Gasteiger partial charge is 0.670 e. The van der Waals surface area contributed by atoms with Gasteiger partial charge in [-0.05, 0) is 0 Å². The Bertz CT molecular complexity index is 169. The number of carboxylic acids is 2. The van der Waals surface area contributed by atoms with Gasteiger partial charge in [0.1, 0.15) is 0 Å². The number of rotatable bonds is 4. The van der Waals surface area contributed by atoms with Gasteiger partial charge in [0.2, 0.25) is 0 Å². The molecule has 0 aliphatic carbocycles. The van der Waals surface area contributed by atoms with Crippen LogP contribution in [0.3, 0.4) is 0 Å². The van der Waals surface area contributed by atoms with Gasteiger partial charge in [0.25, 0.3) is 0 Å². The predicted octanol–water partition coefficient (Wildman–Crippen LogP) is -0.868. The van der Waals surface area contributed by atoms with Crippen LogP contribution in [0.5, 0.6) is 0 Å². The van der Waals surface area contributed by atoms with E-state index in [9.17, 15) is 19.8 Å². The van der Waals surface area contributed by atoms with Crippen molar-refractivity contribution in [2.75, 3.05) is 0 Å². The Hall–Kier alpha value is -0.621. The summed E-state index contributed by atoms with van der Waals surface area (Å²) in [5.41, 5.74) is 13.2. The normalized spacial score (nSPS) is 12.5. The SMILES string of the molecule is CCC([NH-])C(=O)[O-].CCC([NH-])C(=O)[O-].[Cu+2]. The second-order valence-corrected chi connectivity index (χ2v) is 2.56. The molecule has 0 aliphatic heterocycles. The minimum Gasteiger partial charge on any atom is -0.670 e. The number of aliphatic carboxylic acids is 2. The first-order valence-electron chi connectivity index (χ1n) is 4.20. The van der Waals surface area contributed by atoms with Crippen LogP contribution in [0, 0.1) is 0 Å². The minimum absolute atomic E-state index is 0. The molecular formula is C8H14CuN2O4-2. The van der Waals surface area contributed by atoms with E-state index >= 15 is 0 Å². The molecule has 0 bridgehead atoms. The van der Waals surface area contributed by atoms with Crippen molar-refractivity contribution in [3.05, 3.63) is 11.5 Å². The van der Waals surface area contributed by atoms with Gasteiger partial charge in [-0.15, -0.1) is 0 Å². The average Bonchev–Trinajstić information content (AvgIpc) is 2.15. The number of carboxylic acid groups (broad SMARTS) is 2. The summed E-state index contributed by atoms with van der Waals surface area (Å²) in [4.78, 5) is 19.3. The van der Waals surface area contributed by atoms with Crippen molar-refractivity contribution in [1.82, 2.24) is 0 Å². The van der Waals surface area contributed by atoms with Gasteiger partial charge in [0.05, 0.1) is 0 Å². The van der Waals surface area contributed by atoms with Gasteiger partial charge in [0, 0.05) is 11.9 Å². The Labute approximate surface area is 99.5 Å². The third-order valence-electron chi connectivity index (χ3n) is 1.39. The van der Waals surface area contributed by atoms with Crippen molar-refractivity contribution < 1.29 is 36.9 Å². The molecule has 2 N–H and O–H groups in total. The van der Waals surface area contributed by atoms with Crippen molar-refractivity contribution in [3.8, 4) is 0 Å². The number of carbonyl (C=O) groups excluding carboxylic acids is 2. The Morgan fingerprint density at radius 3 is 1.20 bits per heavy atom. The van der Waals surface area contributed by atoms with E-state index in [0.717, 1.165) is 0 Å². The molecule has 1 radical (unpaired) electrons. The van der Waals surface area contributed by atoms with Crippen molar-refractivity contribution >= 4 is 11.9 Å². The summed E-state index contributed by atoms with van der Waals surface area (Å²) < 4.78 is 0. The molecule has 0 saturated carbocycles. The van der Waals surface area contributed by atoms with Crippen LogP contribution in [0.4, 0.5) is 0 Å². The van der Waals surface area contributed by atoms with Crippen molar-refractivity contribution in [1.29, 1.82) is 0 Å². The van der Waals surface area contributed by atoms with Gasteiger partial charge < -0.3 is 31.3 Å². The van der Waals surface area contributed by atoms with Crippen molar-refractivity contribution in [2.24, 2.45) is 0 Å². The van der Waals surface area contributed by atoms with Crippen LogP contribution in [0.15, 0.2) is 0 Å². The summed E-state index contributed by atoms with van der Waals surface area (Å²) in [6, 6.07) is -2.08. The van der Waals surface area contributed by atoms with E-state index in [2.05, 4.69) is 0 Å². The second-order valence-electron chi connectivity index (χ2n) is 2.56. The third-order valence-corrected chi connectivity index (χ3v) is 1.39.